The highest BCUT2D eigenvalue weighted by Gasteiger charge is 2.13. The molecular weight excluding hydrogens is 211 g/mol. The maximum atomic E-state index is 9.41. The summed E-state index contributed by atoms with van der Waals surface area (Å²) < 4.78 is 10.4. The third-order valence-corrected chi connectivity index (χ3v) is 3.24. The van der Waals surface area contributed by atoms with E-state index in [1.807, 2.05) is 13.8 Å². The molecule has 15 heavy (non-hydrogen) atoms. The highest BCUT2D eigenvalue weighted by atomic mass is 31.2. The highest BCUT2D eigenvalue weighted by molar-refractivity contribution is 7.40. The van der Waals surface area contributed by atoms with E-state index in [0.717, 1.165) is 6.42 Å². The molecule has 0 saturated carbocycles. The Morgan fingerprint density at radius 3 is 2.40 bits per heavy atom. The molecule has 0 aromatic rings. The summed E-state index contributed by atoms with van der Waals surface area (Å²) in [5, 5.41) is 0. The topological polar surface area (TPSA) is 38.7 Å². The monoisotopic (exact) mass is 236 g/mol. The second-order valence-electron chi connectivity index (χ2n) is 4.10. The average Bonchev–Trinajstić information content (AvgIpc) is 2.17. The van der Waals surface area contributed by atoms with Crippen LogP contribution in [0.1, 0.15) is 53.4 Å². The Balaban J connectivity index is 3.60. The smallest absolute Gasteiger partial charge is 0.328 e. The van der Waals surface area contributed by atoms with Crippen LogP contribution in [0.4, 0.5) is 0 Å². The van der Waals surface area contributed by atoms with Gasteiger partial charge in [0.2, 0.25) is 0 Å². The minimum atomic E-state index is -1.67. The summed E-state index contributed by atoms with van der Waals surface area (Å²) in [4.78, 5) is 9.41. The Hall–Kier alpha value is 0.310. The van der Waals surface area contributed by atoms with Crippen LogP contribution >= 0.6 is 8.60 Å². The van der Waals surface area contributed by atoms with Crippen LogP contribution in [0.5, 0.6) is 0 Å². The van der Waals surface area contributed by atoms with Crippen molar-refractivity contribution in [2.24, 2.45) is 5.92 Å². The van der Waals surface area contributed by atoms with Gasteiger partial charge in [-0.15, -0.1) is 0 Å². The summed E-state index contributed by atoms with van der Waals surface area (Å²) in [6, 6.07) is 0. The molecule has 0 bridgehead atoms. The maximum absolute atomic E-state index is 9.41. The van der Waals surface area contributed by atoms with Gasteiger partial charge in [-0.2, -0.15) is 0 Å². The van der Waals surface area contributed by atoms with Crippen molar-refractivity contribution in [1.82, 2.24) is 0 Å². The number of hydrogen-bond donors (Lipinski definition) is 1. The van der Waals surface area contributed by atoms with Crippen LogP contribution in [0, 0.1) is 5.92 Å². The second kappa shape index (κ2) is 9.53. The molecule has 0 aromatic heterocycles. The first-order chi connectivity index (χ1) is 7.10. The molecule has 0 saturated heterocycles. The fraction of sp³-hybridized carbons (Fsp3) is 1.00. The molecule has 0 aliphatic rings. The number of unbranched alkanes of at least 4 members (excludes halogenated alkanes) is 1. The van der Waals surface area contributed by atoms with Crippen LogP contribution in [0.15, 0.2) is 0 Å². The molecular formula is C11H25O3P. The van der Waals surface area contributed by atoms with E-state index in [-0.39, 0.29) is 6.10 Å². The zero-order valence-electron chi connectivity index (χ0n) is 10.4. The van der Waals surface area contributed by atoms with Crippen molar-refractivity contribution in [1.29, 1.82) is 0 Å². The largest absolute Gasteiger partial charge is 0.330 e. The van der Waals surface area contributed by atoms with Gasteiger partial charge in [-0.1, -0.05) is 33.1 Å². The fourth-order valence-electron chi connectivity index (χ4n) is 1.28. The van der Waals surface area contributed by atoms with Gasteiger partial charge in [0.05, 0.1) is 12.7 Å². The first-order valence-electron chi connectivity index (χ1n) is 5.88. The second-order valence-corrected chi connectivity index (χ2v) is 5.05. The zero-order valence-corrected chi connectivity index (χ0v) is 11.3. The molecule has 4 heteroatoms. The van der Waals surface area contributed by atoms with E-state index in [1.165, 1.54) is 19.3 Å². The first-order valence-corrected chi connectivity index (χ1v) is 7.01. The molecule has 0 amide bonds. The molecule has 0 rings (SSSR count). The Labute approximate surface area is 95.2 Å². The molecule has 3 nitrogen and oxygen atoms in total. The Kier molecular flexibility index (Phi) is 9.73. The minimum absolute atomic E-state index is 0.0248. The molecule has 0 aliphatic heterocycles. The van der Waals surface area contributed by atoms with E-state index in [4.69, 9.17) is 9.05 Å². The predicted octanol–water partition coefficient (Wildman–Crippen LogP) is 3.86. The van der Waals surface area contributed by atoms with E-state index < -0.39 is 8.60 Å². The lowest BCUT2D eigenvalue weighted by Crippen LogP contribution is -2.08. The van der Waals surface area contributed by atoms with Crippen molar-refractivity contribution in [3.8, 4) is 0 Å². The van der Waals surface area contributed by atoms with Crippen molar-refractivity contribution >= 4 is 8.60 Å². The van der Waals surface area contributed by atoms with Crippen LogP contribution in [-0.2, 0) is 9.05 Å². The Morgan fingerprint density at radius 1 is 1.27 bits per heavy atom. The lowest BCUT2D eigenvalue weighted by atomic mass is 10.0. The number of hydrogen-bond acceptors (Lipinski definition) is 3. The maximum Gasteiger partial charge on any atom is 0.330 e. The van der Waals surface area contributed by atoms with Gasteiger partial charge in [0.15, 0.2) is 0 Å². The molecule has 0 spiro atoms. The highest BCUT2D eigenvalue weighted by Crippen LogP contribution is 2.35. The van der Waals surface area contributed by atoms with E-state index in [1.54, 1.807) is 0 Å². The van der Waals surface area contributed by atoms with Crippen molar-refractivity contribution in [3.05, 3.63) is 0 Å². The molecule has 2 unspecified atom stereocenters. The molecule has 1 N–H and O–H groups in total. The van der Waals surface area contributed by atoms with Gasteiger partial charge in [-0.3, -0.25) is 0 Å². The van der Waals surface area contributed by atoms with Gasteiger partial charge in [0.1, 0.15) is 0 Å². The summed E-state index contributed by atoms with van der Waals surface area (Å²) >= 11 is 0. The van der Waals surface area contributed by atoms with Gasteiger partial charge >= 0.3 is 8.60 Å². The van der Waals surface area contributed by atoms with Gasteiger partial charge in [0.25, 0.3) is 0 Å². The van der Waals surface area contributed by atoms with Gasteiger partial charge < -0.3 is 13.9 Å². The summed E-state index contributed by atoms with van der Waals surface area (Å²) in [7, 11) is -1.67. The molecule has 2 atom stereocenters. The van der Waals surface area contributed by atoms with Crippen molar-refractivity contribution in [3.63, 3.8) is 0 Å². The van der Waals surface area contributed by atoms with Crippen LogP contribution < -0.4 is 0 Å². The van der Waals surface area contributed by atoms with Crippen LogP contribution in [0.3, 0.4) is 0 Å². The fourth-order valence-corrected chi connectivity index (χ4v) is 2.04. The van der Waals surface area contributed by atoms with Crippen LogP contribution in [0.25, 0.3) is 0 Å². The molecule has 0 heterocycles. The number of rotatable bonds is 9. The predicted molar refractivity (Wildman–Crippen MR) is 64.6 cm³/mol. The molecule has 92 valence electrons. The molecule has 0 fully saturated rings. The summed E-state index contributed by atoms with van der Waals surface area (Å²) in [5.74, 6) is 0.554. The van der Waals surface area contributed by atoms with E-state index in [9.17, 15) is 4.89 Å². The standard InChI is InChI=1S/C11H25O3P/c1-5-7-8-11(6-2)9-13-15(12)14-10(3)4/h10-12H,5-9H2,1-4H3. The van der Waals surface area contributed by atoms with E-state index >= 15 is 0 Å². The lowest BCUT2D eigenvalue weighted by Gasteiger charge is -2.18. The van der Waals surface area contributed by atoms with E-state index in [2.05, 4.69) is 13.8 Å². The molecule has 0 aromatic carbocycles. The van der Waals surface area contributed by atoms with Gasteiger partial charge in [-0.05, 0) is 26.2 Å². The third-order valence-electron chi connectivity index (χ3n) is 2.26. The third kappa shape index (κ3) is 9.25. The van der Waals surface area contributed by atoms with Crippen LogP contribution in [0.2, 0.25) is 0 Å². The quantitative estimate of drug-likeness (QED) is 0.618. The zero-order chi connectivity index (χ0) is 11.7. The summed E-state index contributed by atoms with van der Waals surface area (Å²) in [6.07, 6.45) is 4.75. The Morgan fingerprint density at radius 2 is 1.93 bits per heavy atom. The van der Waals surface area contributed by atoms with Gasteiger partial charge in [-0.25, -0.2) is 0 Å². The Bertz CT molecular complexity index is 142. The lowest BCUT2D eigenvalue weighted by molar-refractivity contribution is 0.144. The molecule has 0 aliphatic carbocycles. The first kappa shape index (κ1) is 15.3. The van der Waals surface area contributed by atoms with Crippen molar-refractivity contribution in [2.45, 2.75) is 59.5 Å². The van der Waals surface area contributed by atoms with Crippen molar-refractivity contribution < 1.29 is 13.9 Å². The van der Waals surface area contributed by atoms with Crippen molar-refractivity contribution in [2.75, 3.05) is 6.61 Å². The average molecular weight is 236 g/mol. The van der Waals surface area contributed by atoms with E-state index in [0.29, 0.717) is 12.5 Å². The summed E-state index contributed by atoms with van der Waals surface area (Å²) in [5.41, 5.74) is 0. The summed E-state index contributed by atoms with van der Waals surface area (Å²) in [6.45, 7) is 8.75. The van der Waals surface area contributed by atoms with Crippen LogP contribution in [-0.4, -0.2) is 17.6 Å². The SMILES string of the molecule is CCCCC(CC)COP(O)OC(C)C. The normalized spacial score (nSPS) is 15.6. The minimum Gasteiger partial charge on any atom is -0.328 e. The van der Waals surface area contributed by atoms with Gasteiger partial charge in [0, 0.05) is 0 Å². The molecule has 0 radical (unpaired) electrons.